The lowest BCUT2D eigenvalue weighted by Crippen LogP contribution is -2.21. The highest BCUT2D eigenvalue weighted by atomic mass is 16.5. The molecule has 2 rings (SSSR count). The van der Waals surface area contributed by atoms with E-state index in [4.69, 9.17) is 14.2 Å². The maximum atomic E-state index is 12.1. The predicted octanol–water partition coefficient (Wildman–Crippen LogP) is 3.12. The second-order valence-electron chi connectivity index (χ2n) is 5.44. The Bertz CT molecular complexity index is 785. The largest absolute Gasteiger partial charge is 0.493 e. The third-order valence-corrected chi connectivity index (χ3v) is 3.83. The Morgan fingerprint density at radius 1 is 1.00 bits per heavy atom. The third-order valence-electron chi connectivity index (χ3n) is 3.83. The maximum Gasteiger partial charge on any atom is 0.338 e. The van der Waals surface area contributed by atoms with Crippen molar-refractivity contribution >= 4 is 17.6 Å². The molecule has 0 saturated carbocycles. The minimum absolute atomic E-state index is 0.374. The molecule has 25 heavy (non-hydrogen) atoms. The average Bonchev–Trinajstić information content (AvgIpc) is 2.61. The van der Waals surface area contributed by atoms with Gasteiger partial charge in [-0.3, -0.25) is 4.79 Å². The lowest BCUT2D eigenvalue weighted by Gasteiger charge is -2.11. The zero-order valence-electron chi connectivity index (χ0n) is 14.7. The highest BCUT2D eigenvalue weighted by molar-refractivity contribution is 5.96. The molecule has 0 spiro atoms. The van der Waals surface area contributed by atoms with Crippen LogP contribution in [0.15, 0.2) is 36.4 Å². The molecule has 1 N–H and O–H groups in total. The standard InChI is InChI=1S/C19H21NO5/c1-12-6-5-7-15(13(12)2)19(22)25-11-18(21)20-14-8-9-16(23-3)17(10-14)24-4/h5-10H,11H2,1-4H3,(H,20,21). The number of esters is 1. The van der Waals surface area contributed by atoms with E-state index in [1.54, 1.807) is 30.3 Å². The number of hydrogen-bond donors (Lipinski definition) is 1. The smallest absolute Gasteiger partial charge is 0.338 e. The molecule has 0 aliphatic heterocycles. The van der Waals surface area contributed by atoms with Gasteiger partial charge in [0.2, 0.25) is 0 Å². The molecular formula is C19H21NO5. The molecule has 2 aromatic rings. The summed E-state index contributed by atoms with van der Waals surface area (Å²) in [5.41, 5.74) is 2.81. The van der Waals surface area contributed by atoms with Crippen molar-refractivity contribution in [3.05, 3.63) is 53.1 Å². The third kappa shape index (κ3) is 4.50. The first-order valence-electron chi connectivity index (χ1n) is 7.71. The number of carbonyl (C=O) groups excluding carboxylic acids is 2. The highest BCUT2D eigenvalue weighted by Crippen LogP contribution is 2.29. The lowest BCUT2D eigenvalue weighted by molar-refractivity contribution is -0.119. The molecule has 0 aromatic heterocycles. The lowest BCUT2D eigenvalue weighted by atomic mass is 10.0. The van der Waals surface area contributed by atoms with Gasteiger partial charge in [-0.2, -0.15) is 0 Å². The Kier molecular flexibility index (Phi) is 6.00. The topological polar surface area (TPSA) is 73.9 Å². The number of hydrogen-bond acceptors (Lipinski definition) is 5. The molecule has 0 fully saturated rings. The van der Waals surface area contributed by atoms with Gasteiger partial charge < -0.3 is 19.5 Å². The van der Waals surface area contributed by atoms with Crippen LogP contribution in [0.5, 0.6) is 11.5 Å². The van der Waals surface area contributed by atoms with Crippen LogP contribution in [0, 0.1) is 13.8 Å². The first-order valence-corrected chi connectivity index (χ1v) is 7.71. The molecule has 0 heterocycles. The Morgan fingerprint density at radius 2 is 1.72 bits per heavy atom. The van der Waals surface area contributed by atoms with Crippen LogP contribution in [-0.4, -0.2) is 32.7 Å². The summed E-state index contributed by atoms with van der Waals surface area (Å²) in [5, 5.41) is 2.65. The van der Waals surface area contributed by atoms with E-state index in [1.807, 2.05) is 19.9 Å². The SMILES string of the molecule is COc1ccc(NC(=O)COC(=O)c2cccc(C)c2C)cc1OC. The summed E-state index contributed by atoms with van der Waals surface area (Å²) < 4.78 is 15.4. The van der Waals surface area contributed by atoms with Crippen molar-refractivity contribution in [3.63, 3.8) is 0 Å². The minimum Gasteiger partial charge on any atom is -0.493 e. The number of anilines is 1. The van der Waals surface area contributed by atoms with Crippen molar-refractivity contribution in [3.8, 4) is 11.5 Å². The van der Waals surface area contributed by atoms with Crippen molar-refractivity contribution in [2.45, 2.75) is 13.8 Å². The van der Waals surface area contributed by atoms with Gasteiger partial charge in [0.1, 0.15) is 0 Å². The summed E-state index contributed by atoms with van der Waals surface area (Å²) >= 11 is 0. The van der Waals surface area contributed by atoms with Gasteiger partial charge in [-0.05, 0) is 43.2 Å². The molecule has 6 nitrogen and oxygen atoms in total. The normalized spacial score (nSPS) is 10.1. The first kappa shape index (κ1) is 18.3. The summed E-state index contributed by atoms with van der Waals surface area (Å²) in [4.78, 5) is 24.1. The Morgan fingerprint density at radius 3 is 2.40 bits per heavy atom. The van der Waals surface area contributed by atoms with E-state index in [0.717, 1.165) is 11.1 Å². The van der Waals surface area contributed by atoms with E-state index in [9.17, 15) is 9.59 Å². The van der Waals surface area contributed by atoms with Crippen molar-refractivity contribution < 1.29 is 23.8 Å². The minimum atomic E-state index is -0.524. The molecule has 0 aliphatic rings. The second kappa shape index (κ2) is 8.19. The molecule has 132 valence electrons. The number of rotatable bonds is 6. The van der Waals surface area contributed by atoms with E-state index >= 15 is 0 Å². The number of benzene rings is 2. The average molecular weight is 343 g/mol. The Hall–Kier alpha value is -3.02. The van der Waals surface area contributed by atoms with E-state index < -0.39 is 11.9 Å². The predicted molar refractivity (Wildman–Crippen MR) is 94.4 cm³/mol. The van der Waals surface area contributed by atoms with Gasteiger partial charge >= 0.3 is 5.97 Å². The fraction of sp³-hybridized carbons (Fsp3) is 0.263. The van der Waals surface area contributed by atoms with Gasteiger partial charge in [-0.25, -0.2) is 4.79 Å². The zero-order valence-corrected chi connectivity index (χ0v) is 14.7. The number of carbonyl (C=O) groups is 2. The maximum absolute atomic E-state index is 12.1. The molecule has 2 aromatic carbocycles. The zero-order chi connectivity index (χ0) is 18.4. The molecule has 0 radical (unpaired) electrons. The van der Waals surface area contributed by atoms with Gasteiger partial charge in [0.05, 0.1) is 19.8 Å². The van der Waals surface area contributed by atoms with E-state index in [1.165, 1.54) is 14.2 Å². The number of aryl methyl sites for hydroxylation is 1. The Balaban J connectivity index is 1.97. The van der Waals surface area contributed by atoms with E-state index in [2.05, 4.69) is 5.32 Å². The first-order chi connectivity index (χ1) is 12.0. The van der Waals surface area contributed by atoms with Gasteiger partial charge in [0.25, 0.3) is 5.91 Å². The van der Waals surface area contributed by atoms with Gasteiger partial charge in [-0.15, -0.1) is 0 Å². The second-order valence-corrected chi connectivity index (χ2v) is 5.44. The quantitative estimate of drug-likeness (QED) is 0.816. The van der Waals surface area contributed by atoms with Crippen molar-refractivity contribution in [2.75, 3.05) is 26.1 Å². The fourth-order valence-electron chi connectivity index (χ4n) is 2.29. The van der Waals surface area contributed by atoms with Gasteiger partial charge in [0.15, 0.2) is 18.1 Å². The van der Waals surface area contributed by atoms with Crippen LogP contribution >= 0.6 is 0 Å². The number of ether oxygens (including phenoxy) is 3. The van der Waals surface area contributed by atoms with Gasteiger partial charge in [0, 0.05) is 11.8 Å². The van der Waals surface area contributed by atoms with Crippen molar-refractivity contribution in [1.29, 1.82) is 0 Å². The molecule has 0 aliphatic carbocycles. The van der Waals surface area contributed by atoms with Crippen LogP contribution in [0.4, 0.5) is 5.69 Å². The molecule has 0 unspecified atom stereocenters. The van der Waals surface area contributed by atoms with Gasteiger partial charge in [-0.1, -0.05) is 12.1 Å². The number of amides is 1. The summed E-state index contributed by atoms with van der Waals surface area (Å²) in [7, 11) is 3.04. The van der Waals surface area contributed by atoms with Crippen LogP contribution in [-0.2, 0) is 9.53 Å². The van der Waals surface area contributed by atoms with Crippen LogP contribution in [0.2, 0.25) is 0 Å². The van der Waals surface area contributed by atoms with Crippen LogP contribution in [0.25, 0.3) is 0 Å². The summed E-state index contributed by atoms with van der Waals surface area (Å²) in [5.74, 6) is 0.0871. The molecule has 6 heteroatoms. The molecular weight excluding hydrogens is 322 g/mol. The van der Waals surface area contributed by atoms with Crippen LogP contribution < -0.4 is 14.8 Å². The van der Waals surface area contributed by atoms with Crippen molar-refractivity contribution in [2.24, 2.45) is 0 Å². The highest BCUT2D eigenvalue weighted by Gasteiger charge is 2.14. The molecule has 0 bridgehead atoms. The Labute approximate surface area is 146 Å². The van der Waals surface area contributed by atoms with Crippen molar-refractivity contribution in [1.82, 2.24) is 0 Å². The summed E-state index contributed by atoms with van der Waals surface area (Å²) in [6, 6.07) is 10.3. The monoisotopic (exact) mass is 343 g/mol. The number of methoxy groups -OCH3 is 2. The fourth-order valence-corrected chi connectivity index (χ4v) is 2.29. The van der Waals surface area contributed by atoms with Crippen LogP contribution in [0.1, 0.15) is 21.5 Å². The van der Waals surface area contributed by atoms with E-state index in [-0.39, 0.29) is 6.61 Å². The summed E-state index contributed by atoms with van der Waals surface area (Å²) in [6.07, 6.45) is 0. The molecule has 1 amide bonds. The number of nitrogens with one attached hydrogen (secondary N) is 1. The molecule has 0 saturated heterocycles. The molecule has 0 atom stereocenters. The summed E-state index contributed by atoms with van der Waals surface area (Å²) in [6.45, 7) is 3.38. The van der Waals surface area contributed by atoms with Crippen LogP contribution in [0.3, 0.4) is 0 Å². The van der Waals surface area contributed by atoms with E-state index in [0.29, 0.717) is 22.7 Å².